The van der Waals surface area contributed by atoms with Crippen molar-refractivity contribution in [3.05, 3.63) is 12.2 Å². The largest absolute Gasteiger partial charge is 0.465 e. The number of ether oxygens (including phenoxy) is 1. The molecule has 0 saturated heterocycles. The molecule has 1 saturated carbocycles. The summed E-state index contributed by atoms with van der Waals surface area (Å²) in [7, 11) is 0. The highest BCUT2D eigenvalue weighted by molar-refractivity contribution is 9.09. The molecular weight excluding hydrogens is 256 g/mol. The molecule has 0 aromatic rings. The molecular formula is C12H17BrO2. The number of hydrogen-bond donors (Lipinski definition) is 0. The van der Waals surface area contributed by atoms with Crippen LogP contribution in [0.3, 0.4) is 0 Å². The molecule has 0 spiro atoms. The molecule has 2 nitrogen and oxygen atoms in total. The van der Waals surface area contributed by atoms with Gasteiger partial charge in [-0.25, -0.2) is 0 Å². The highest BCUT2D eigenvalue weighted by atomic mass is 79.9. The van der Waals surface area contributed by atoms with Crippen LogP contribution in [-0.4, -0.2) is 17.9 Å². The lowest BCUT2D eigenvalue weighted by Gasteiger charge is -2.18. The van der Waals surface area contributed by atoms with Crippen molar-refractivity contribution in [3.8, 4) is 0 Å². The summed E-state index contributed by atoms with van der Waals surface area (Å²) in [5.74, 6) is 1.90. The fraction of sp³-hybridized carbons (Fsp3) is 0.750. The summed E-state index contributed by atoms with van der Waals surface area (Å²) in [5.41, 5.74) is 0. The van der Waals surface area contributed by atoms with Crippen LogP contribution in [0, 0.1) is 23.7 Å². The van der Waals surface area contributed by atoms with Crippen molar-refractivity contribution < 1.29 is 9.53 Å². The Balaban J connectivity index is 1.75. The highest BCUT2D eigenvalue weighted by Gasteiger charge is 2.36. The van der Waals surface area contributed by atoms with E-state index in [1.165, 1.54) is 12.8 Å². The second-order valence-electron chi connectivity index (χ2n) is 4.73. The first kappa shape index (κ1) is 11.2. The van der Waals surface area contributed by atoms with Gasteiger partial charge in [0.25, 0.3) is 0 Å². The topological polar surface area (TPSA) is 26.3 Å². The van der Waals surface area contributed by atoms with Gasteiger partial charge in [0.1, 0.15) is 0 Å². The number of hydrogen-bond acceptors (Lipinski definition) is 2. The van der Waals surface area contributed by atoms with Crippen LogP contribution in [0.15, 0.2) is 12.2 Å². The molecule has 15 heavy (non-hydrogen) atoms. The normalized spacial score (nSPS) is 34.4. The number of esters is 1. The average Bonchev–Trinajstić information content (AvgIpc) is 2.86. The molecule has 0 aromatic carbocycles. The van der Waals surface area contributed by atoms with Crippen LogP contribution in [0.1, 0.15) is 19.8 Å². The first-order valence-corrected chi connectivity index (χ1v) is 6.73. The maximum Gasteiger partial charge on any atom is 0.309 e. The third-order valence-electron chi connectivity index (χ3n) is 3.49. The van der Waals surface area contributed by atoms with Crippen molar-refractivity contribution in [2.45, 2.75) is 19.8 Å². The number of halogens is 1. The van der Waals surface area contributed by atoms with Crippen LogP contribution in [0.2, 0.25) is 0 Å². The lowest BCUT2D eigenvalue weighted by atomic mass is 9.94. The number of allylic oxidation sites excluding steroid dienone is 2. The van der Waals surface area contributed by atoms with E-state index in [0.29, 0.717) is 23.8 Å². The van der Waals surface area contributed by atoms with Crippen molar-refractivity contribution in [1.82, 2.24) is 0 Å². The fourth-order valence-corrected chi connectivity index (χ4v) is 2.75. The standard InChI is InChI=1S/C12H17BrO2/c1-8(6-13)12(14)15-7-11-5-9-2-3-10(11)4-9/h2-3,8-11H,4-7H2,1H3. The summed E-state index contributed by atoms with van der Waals surface area (Å²) < 4.78 is 5.33. The van der Waals surface area contributed by atoms with Crippen LogP contribution in [-0.2, 0) is 9.53 Å². The predicted octanol–water partition coefficient (Wildman–Crippen LogP) is 2.77. The van der Waals surface area contributed by atoms with E-state index in [2.05, 4.69) is 28.1 Å². The molecule has 0 amide bonds. The number of alkyl halides is 1. The van der Waals surface area contributed by atoms with Gasteiger partial charge in [-0.15, -0.1) is 0 Å². The minimum atomic E-state index is -0.0707. The van der Waals surface area contributed by atoms with Gasteiger partial charge in [-0.2, -0.15) is 0 Å². The average molecular weight is 273 g/mol. The van der Waals surface area contributed by atoms with Crippen LogP contribution in [0.5, 0.6) is 0 Å². The zero-order valence-corrected chi connectivity index (χ0v) is 10.6. The van der Waals surface area contributed by atoms with E-state index >= 15 is 0 Å². The third kappa shape index (κ3) is 2.44. The Bertz CT molecular complexity index is 275. The SMILES string of the molecule is CC(CBr)C(=O)OCC1CC2C=CC1C2. The summed E-state index contributed by atoms with van der Waals surface area (Å²) in [6.45, 7) is 2.50. The van der Waals surface area contributed by atoms with Crippen molar-refractivity contribution in [1.29, 1.82) is 0 Å². The molecule has 4 atom stereocenters. The minimum Gasteiger partial charge on any atom is -0.465 e. The second-order valence-corrected chi connectivity index (χ2v) is 5.37. The lowest BCUT2D eigenvalue weighted by Crippen LogP contribution is -2.22. The summed E-state index contributed by atoms with van der Waals surface area (Å²) >= 11 is 3.29. The number of carbonyl (C=O) groups is 1. The van der Waals surface area contributed by atoms with E-state index in [1.54, 1.807) is 0 Å². The third-order valence-corrected chi connectivity index (χ3v) is 4.46. The Kier molecular flexibility index (Phi) is 3.49. The van der Waals surface area contributed by atoms with Gasteiger partial charge >= 0.3 is 5.97 Å². The molecule has 2 aliphatic rings. The summed E-state index contributed by atoms with van der Waals surface area (Å²) in [5, 5.41) is 0.683. The van der Waals surface area contributed by atoms with Crippen LogP contribution in [0.4, 0.5) is 0 Å². The number of fused-ring (bicyclic) bond motifs is 2. The van der Waals surface area contributed by atoms with Gasteiger partial charge < -0.3 is 4.74 Å². The van der Waals surface area contributed by atoms with Gasteiger partial charge in [0.2, 0.25) is 0 Å². The molecule has 3 heteroatoms. The number of rotatable bonds is 4. The van der Waals surface area contributed by atoms with E-state index in [1.807, 2.05) is 6.92 Å². The molecule has 1 fully saturated rings. The molecule has 4 unspecified atom stereocenters. The van der Waals surface area contributed by atoms with Crippen molar-refractivity contribution in [3.63, 3.8) is 0 Å². The van der Waals surface area contributed by atoms with Crippen molar-refractivity contribution in [2.75, 3.05) is 11.9 Å². The van der Waals surface area contributed by atoms with E-state index < -0.39 is 0 Å². The van der Waals surface area contributed by atoms with Crippen molar-refractivity contribution in [2.24, 2.45) is 23.7 Å². The van der Waals surface area contributed by atoms with Gasteiger partial charge in [0.05, 0.1) is 12.5 Å². The molecule has 2 rings (SSSR count). The molecule has 0 aliphatic heterocycles. The Morgan fingerprint density at radius 1 is 1.53 bits per heavy atom. The van der Waals surface area contributed by atoms with Crippen LogP contribution >= 0.6 is 15.9 Å². The summed E-state index contributed by atoms with van der Waals surface area (Å²) in [6, 6.07) is 0. The summed E-state index contributed by atoms with van der Waals surface area (Å²) in [4.78, 5) is 11.5. The Morgan fingerprint density at radius 2 is 2.33 bits per heavy atom. The van der Waals surface area contributed by atoms with Gasteiger partial charge in [-0.3, -0.25) is 4.79 Å². The number of carbonyl (C=O) groups excluding carboxylic acids is 1. The van der Waals surface area contributed by atoms with Crippen molar-refractivity contribution >= 4 is 21.9 Å². The molecule has 2 bridgehead atoms. The maximum atomic E-state index is 11.5. The molecule has 84 valence electrons. The first-order chi connectivity index (χ1) is 7.20. The Hall–Kier alpha value is -0.310. The van der Waals surface area contributed by atoms with Gasteiger partial charge in [-0.1, -0.05) is 35.0 Å². The van der Waals surface area contributed by atoms with Gasteiger partial charge in [0.15, 0.2) is 0 Å². The van der Waals surface area contributed by atoms with E-state index in [-0.39, 0.29) is 11.9 Å². The van der Waals surface area contributed by atoms with E-state index in [9.17, 15) is 4.79 Å². The molecule has 0 radical (unpaired) electrons. The maximum absolute atomic E-state index is 11.5. The lowest BCUT2D eigenvalue weighted by molar-refractivity contribution is -0.148. The van der Waals surface area contributed by atoms with Gasteiger partial charge in [-0.05, 0) is 30.6 Å². The van der Waals surface area contributed by atoms with Gasteiger partial charge in [0, 0.05) is 5.33 Å². The van der Waals surface area contributed by atoms with Crippen LogP contribution in [0.25, 0.3) is 0 Å². The highest BCUT2D eigenvalue weighted by Crippen LogP contribution is 2.43. The quantitative estimate of drug-likeness (QED) is 0.447. The Morgan fingerprint density at radius 3 is 2.87 bits per heavy atom. The monoisotopic (exact) mass is 272 g/mol. The van der Waals surface area contributed by atoms with E-state index in [4.69, 9.17) is 4.74 Å². The summed E-state index contributed by atoms with van der Waals surface area (Å²) in [6.07, 6.45) is 7.08. The fourth-order valence-electron chi connectivity index (χ4n) is 2.48. The molecule has 0 aromatic heterocycles. The zero-order chi connectivity index (χ0) is 10.8. The smallest absolute Gasteiger partial charge is 0.309 e. The van der Waals surface area contributed by atoms with E-state index in [0.717, 1.165) is 5.92 Å². The second kappa shape index (κ2) is 4.69. The predicted molar refractivity (Wildman–Crippen MR) is 62.8 cm³/mol. The Labute approximate surface area is 99.2 Å². The molecule has 0 N–H and O–H groups in total. The molecule has 2 aliphatic carbocycles. The molecule has 0 heterocycles. The zero-order valence-electron chi connectivity index (χ0n) is 8.99. The first-order valence-electron chi connectivity index (χ1n) is 5.61. The van der Waals surface area contributed by atoms with Crippen LogP contribution < -0.4 is 0 Å². The minimum absolute atomic E-state index is 0.0286.